The summed E-state index contributed by atoms with van der Waals surface area (Å²) in [4.78, 5) is 14.3. The zero-order chi connectivity index (χ0) is 8.27. The number of ether oxygens (including phenoxy) is 1. The highest BCUT2D eigenvalue weighted by Gasteiger charge is 2.01. The van der Waals surface area contributed by atoms with Crippen molar-refractivity contribution in [2.24, 2.45) is 7.05 Å². The molecule has 0 saturated carbocycles. The van der Waals surface area contributed by atoms with E-state index in [9.17, 15) is 4.79 Å². The molecule has 0 aliphatic heterocycles. The van der Waals surface area contributed by atoms with E-state index >= 15 is 0 Å². The van der Waals surface area contributed by atoms with Gasteiger partial charge in [-0.3, -0.25) is 4.68 Å². The number of hydrogen-bond donors (Lipinski definition) is 1. The molecule has 1 rings (SSSR count). The van der Waals surface area contributed by atoms with Gasteiger partial charge >= 0.3 is 5.69 Å². The van der Waals surface area contributed by atoms with Gasteiger partial charge in [0.1, 0.15) is 0 Å². The van der Waals surface area contributed by atoms with Crippen LogP contribution in [-0.2, 0) is 11.8 Å². The number of thioether (sulfide) groups is 1. The zero-order valence-electron chi connectivity index (χ0n) is 6.33. The maximum atomic E-state index is 10.6. The summed E-state index contributed by atoms with van der Waals surface area (Å²) in [5.41, 5.74) is -0.328. The predicted molar refractivity (Wildman–Crippen MR) is 41.6 cm³/mol. The minimum Gasteiger partial charge on any atom is -0.374 e. The van der Waals surface area contributed by atoms with Gasteiger partial charge in [-0.2, -0.15) is 4.98 Å². The standard InChI is InChI=1S/C5H9N3O2S/c1-8-5(11-3-10-2)6-4(9)7-8/h3H2,1-2H3,(H,7,9). The fourth-order valence-corrected chi connectivity index (χ4v) is 1.23. The summed E-state index contributed by atoms with van der Waals surface area (Å²) in [6, 6.07) is 0. The van der Waals surface area contributed by atoms with E-state index in [1.165, 1.54) is 11.8 Å². The lowest BCUT2D eigenvalue weighted by Crippen LogP contribution is -2.03. The first kappa shape index (κ1) is 8.35. The molecule has 0 bridgehead atoms. The fraction of sp³-hybridized carbons (Fsp3) is 0.600. The van der Waals surface area contributed by atoms with E-state index in [-0.39, 0.29) is 5.69 Å². The third kappa shape index (κ3) is 2.09. The topological polar surface area (TPSA) is 59.9 Å². The molecule has 1 heterocycles. The molecule has 0 atom stereocenters. The SMILES string of the molecule is COCSc1nc(=O)[nH]n1C. The Balaban J connectivity index is 2.69. The predicted octanol–water partition coefficient (Wildman–Crippen LogP) is -0.196. The van der Waals surface area contributed by atoms with E-state index in [0.29, 0.717) is 11.1 Å². The van der Waals surface area contributed by atoms with Crippen LogP contribution in [0.1, 0.15) is 0 Å². The Hall–Kier alpha value is -0.750. The summed E-state index contributed by atoms with van der Waals surface area (Å²) in [6.07, 6.45) is 0. The lowest BCUT2D eigenvalue weighted by molar-refractivity contribution is 0.258. The molecule has 1 N–H and O–H groups in total. The van der Waals surface area contributed by atoms with Crippen molar-refractivity contribution in [1.82, 2.24) is 14.8 Å². The van der Waals surface area contributed by atoms with Crippen molar-refractivity contribution < 1.29 is 4.74 Å². The van der Waals surface area contributed by atoms with Crippen LogP contribution >= 0.6 is 11.8 Å². The Bertz CT molecular complexity index is 280. The van der Waals surface area contributed by atoms with Crippen molar-refractivity contribution in [1.29, 1.82) is 0 Å². The lowest BCUT2D eigenvalue weighted by Gasteiger charge is -1.96. The van der Waals surface area contributed by atoms with Crippen LogP contribution in [0.25, 0.3) is 0 Å². The van der Waals surface area contributed by atoms with Crippen LogP contribution in [0.2, 0.25) is 0 Å². The fourth-order valence-electron chi connectivity index (χ4n) is 0.619. The molecule has 0 spiro atoms. The lowest BCUT2D eigenvalue weighted by atomic mass is 11.2. The van der Waals surface area contributed by atoms with Crippen molar-refractivity contribution in [2.75, 3.05) is 13.0 Å². The van der Waals surface area contributed by atoms with Crippen LogP contribution in [0.4, 0.5) is 0 Å². The van der Waals surface area contributed by atoms with Gasteiger partial charge in [-0.1, -0.05) is 11.8 Å². The Morgan fingerprint density at radius 2 is 2.55 bits per heavy atom. The maximum absolute atomic E-state index is 10.6. The van der Waals surface area contributed by atoms with E-state index in [4.69, 9.17) is 4.74 Å². The van der Waals surface area contributed by atoms with Crippen LogP contribution in [0.5, 0.6) is 0 Å². The number of methoxy groups -OCH3 is 1. The quantitative estimate of drug-likeness (QED) is 0.510. The first-order valence-electron chi connectivity index (χ1n) is 2.99. The third-order valence-corrected chi connectivity index (χ3v) is 2.03. The second kappa shape index (κ2) is 3.59. The molecule has 1 aromatic heterocycles. The molecule has 0 aliphatic carbocycles. The molecule has 0 unspecified atom stereocenters. The van der Waals surface area contributed by atoms with Gasteiger partial charge < -0.3 is 4.74 Å². The van der Waals surface area contributed by atoms with Crippen molar-refractivity contribution in [3.8, 4) is 0 Å². The average Bonchev–Trinajstić information content (AvgIpc) is 2.26. The summed E-state index contributed by atoms with van der Waals surface area (Å²) >= 11 is 1.37. The molecule has 0 aliphatic rings. The molecular formula is C5H9N3O2S. The van der Waals surface area contributed by atoms with Gasteiger partial charge in [0.25, 0.3) is 0 Å². The van der Waals surface area contributed by atoms with Gasteiger partial charge in [-0.15, -0.1) is 0 Å². The number of rotatable bonds is 3. The molecule has 11 heavy (non-hydrogen) atoms. The molecule has 0 radical (unpaired) electrons. The van der Waals surface area contributed by atoms with Gasteiger partial charge in [0, 0.05) is 14.2 Å². The van der Waals surface area contributed by atoms with Crippen molar-refractivity contribution >= 4 is 11.8 Å². The Morgan fingerprint density at radius 3 is 3.00 bits per heavy atom. The molecule has 0 amide bonds. The van der Waals surface area contributed by atoms with Crippen LogP contribution in [0, 0.1) is 0 Å². The molecule has 0 aromatic carbocycles. The van der Waals surface area contributed by atoms with E-state index in [2.05, 4.69) is 10.1 Å². The molecule has 0 fully saturated rings. The highest BCUT2D eigenvalue weighted by atomic mass is 32.2. The average molecular weight is 175 g/mol. The summed E-state index contributed by atoms with van der Waals surface area (Å²) in [6.45, 7) is 0. The van der Waals surface area contributed by atoms with Gasteiger partial charge in [-0.05, 0) is 0 Å². The number of hydrogen-bond acceptors (Lipinski definition) is 4. The van der Waals surface area contributed by atoms with Crippen LogP contribution in [0.3, 0.4) is 0 Å². The molecule has 6 heteroatoms. The largest absolute Gasteiger partial charge is 0.374 e. The Labute approximate surface area is 67.8 Å². The van der Waals surface area contributed by atoms with Gasteiger partial charge in [0.2, 0.25) is 0 Å². The summed E-state index contributed by atoms with van der Waals surface area (Å²) in [5, 5.41) is 3.13. The molecule has 5 nitrogen and oxygen atoms in total. The number of nitrogens with zero attached hydrogens (tertiary/aromatic N) is 2. The Kier molecular flexibility index (Phi) is 2.72. The zero-order valence-corrected chi connectivity index (χ0v) is 7.14. The summed E-state index contributed by atoms with van der Waals surface area (Å²) < 4.78 is 6.37. The smallest absolute Gasteiger partial charge is 0.362 e. The van der Waals surface area contributed by atoms with Gasteiger partial charge in [-0.25, -0.2) is 9.89 Å². The van der Waals surface area contributed by atoms with Gasteiger partial charge in [0.05, 0.1) is 5.94 Å². The summed E-state index contributed by atoms with van der Waals surface area (Å²) in [5.74, 6) is 0.498. The summed E-state index contributed by atoms with van der Waals surface area (Å²) in [7, 11) is 3.32. The van der Waals surface area contributed by atoms with Gasteiger partial charge in [0.15, 0.2) is 5.16 Å². The first-order valence-corrected chi connectivity index (χ1v) is 3.97. The maximum Gasteiger partial charge on any atom is 0.362 e. The highest BCUT2D eigenvalue weighted by molar-refractivity contribution is 7.99. The third-order valence-electron chi connectivity index (χ3n) is 1.05. The molecule has 1 aromatic rings. The van der Waals surface area contributed by atoms with Crippen molar-refractivity contribution in [3.05, 3.63) is 10.5 Å². The molecule has 0 saturated heterocycles. The molecular weight excluding hydrogens is 166 g/mol. The number of H-pyrrole nitrogens is 1. The molecule has 62 valence electrons. The second-order valence-electron chi connectivity index (χ2n) is 1.92. The van der Waals surface area contributed by atoms with E-state index in [1.807, 2.05) is 0 Å². The number of nitrogens with one attached hydrogen (secondary N) is 1. The second-order valence-corrected chi connectivity index (χ2v) is 2.81. The van der Waals surface area contributed by atoms with E-state index in [1.54, 1.807) is 18.8 Å². The minimum absolute atomic E-state index is 0.328. The number of aromatic amines is 1. The normalized spacial score (nSPS) is 10.4. The van der Waals surface area contributed by atoms with E-state index in [0.717, 1.165) is 0 Å². The van der Waals surface area contributed by atoms with Crippen LogP contribution in [0.15, 0.2) is 9.95 Å². The monoisotopic (exact) mass is 175 g/mol. The van der Waals surface area contributed by atoms with Crippen LogP contribution < -0.4 is 5.69 Å². The van der Waals surface area contributed by atoms with Crippen molar-refractivity contribution in [2.45, 2.75) is 5.16 Å². The van der Waals surface area contributed by atoms with Crippen molar-refractivity contribution in [3.63, 3.8) is 0 Å². The Morgan fingerprint density at radius 1 is 1.82 bits per heavy atom. The number of aryl methyl sites for hydroxylation is 1. The first-order chi connectivity index (χ1) is 5.24. The minimum atomic E-state index is -0.328. The highest BCUT2D eigenvalue weighted by Crippen LogP contribution is 2.10. The van der Waals surface area contributed by atoms with Crippen LogP contribution in [-0.4, -0.2) is 27.8 Å². The number of aromatic nitrogens is 3. The van der Waals surface area contributed by atoms with E-state index < -0.39 is 0 Å².